The molecule has 3 rings (SSSR count). The smallest absolute Gasteiger partial charge is 0.410 e. The highest BCUT2D eigenvalue weighted by atomic mass is 35.5. The number of ether oxygens (including phenoxy) is 1. The van der Waals surface area contributed by atoms with Gasteiger partial charge in [0.25, 0.3) is 0 Å². The van der Waals surface area contributed by atoms with Gasteiger partial charge >= 0.3 is 6.09 Å². The Morgan fingerprint density at radius 1 is 1.10 bits per heavy atom. The van der Waals surface area contributed by atoms with Crippen LogP contribution < -0.4 is 0 Å². The van der Waals surface area contributed by atoms with Crippen LogP contribution in [0.3, 0.4) is 0 Å². The number of nitrogens with zero attached hydrogens (tertiary/aromatic N) is 3. The summed E-state index contributed by atoms with van der Waals surface area (Å²) in [5.41, 5.74) is 0.287. The van der Waals surface area contributed by atoms with Gasteiger partial charge in [-0.3, -0.25) is 9.69 Å². The monoisotopic (exact) mass is 469 g/mol. The fourth-order valence-corrected chi connectivity index (χ4v) is 4.66. The fourth-order valence-electron chi connectivity index (χ4n) is 4.34. The zero-order valence-corrected chi connectivity index (χ0v) is 20.4. The van der Waals surface area contributed by atoms with Crippen molar-refractivity contribution >= 4 is 35.2 Å². The fraction of sp³-hybridized carbons (Fsp3) is 0.652. The molecule has 2 aliphatic rings. The van der Waals surface area contributed by atoms with Gasteiger partial charge in [0, 0.05) is 25.7 Å². The van der Waals surface area contributed by atoms with E-state index in [1.165, 1.54) is 12.8 Å². The quantitative estimate of drug-likeness (QED) is 0.652. The number of carbonyl (C=O) groups excluding carboxylic acids is 2. The van der Waals surface area contributed by atoms with Crippen molar-refractivity contribution in [3.63, 3.8) is 0 Å². The lowest BCUT2D eigenvalue weighted by Crippen LogP contribution is -2.63. The van der Waals surface area contributed by atoms with E-state index in [4.69, 9.17) is 27.9 Å². The van der Waals surface area contributed by atoms with Gasteiger partial charge in [-0.25, -0.2) is 4.79 Å². The van der Waals surface area contributed by atoms with Crippen molar-refractivity contribution in [2.75, 3.05) is 32.7 Å². The molecule has 2 saturated heterocycles. The lowest BCUT2D eigenvalue weighted by atomic mass is 10.0. The average molecular weight is 470 g/mol. The molecule has 2 atom stereocenters. The van der Waals surface area contributed by atoms with Crippen LogP contribution in [-0.2, 0) is 16.0 Å². The minimum atomic E-state index is -0.548. The topological polar surface area (TPSA) is 53.1 Å². The Morgan fingerprint density at radius 3 is 2.39 bits per heavy atom. The second kappa shape index (κ2) is 9.97. The van der Waals surface area contributed by atoms with E-state index in [1.54, 1.807) is 17.0 Å². The molecule has 0 radical (unpaired) electrons. The zero-order chi connectivity index (χ0) is 22.8. The van der Waals surface area contributed by atoms with Gasteiger partial charge < -0.3 is 14.5 Å². The van der Waals surface area contributed by atoms with Crippen molar-refractivity contribution in [3.05, 3.63) is 33.8 Å². The Kier molecular flexibility index (Phi) is 7.76. The second-order valence-corrected chi connectivity index (χ2v) is 10.3. The Morgan fingerprint density at radius 2 is 1.77 bits per heavy atom. The SMILES string of the molecule is C[C@H]([C@@H]1CN(C(=O)OC(C)(C)C)CCN1C(=O)Cc1ccc(Cl)c(Cl)c1)N1CCCC1. The number of benzene rings is 1. The summed E-state index contributed by atoms with van der Waals surface area (Å²) in [6, 6.07) is 5.37. The van der Waals surface area contributed by atoms with Gasteiger partial charge in [-0.05, 0) is 71.3 Å². The van der Waals surface area contributed by atoms with Crippen LogP contribution in [0.2, 0.25) is 10.0 Å². The molecule has 0 N–H and O–H groups in total. The predicted octanol–water partition coefficient (Wildman–Crippen LogP) is 4.47. The van der Waals surface area contributed by atoms with Crippen LogP contribution in [0.15, 0.2) is 18.2 Å². The molecule has 1 aromatic rings. The molecule has 0 aromatic heterocycles. The Labute approximate surface area is 195 Å². The van der Waals surface area contributed by atoms with Gasteiger partial charge in [0.05, 0.1) is 22.5 Å². The molecule has 172 valence electrons. The first kappa shape index (κ1) is 24.1. The molecule has 2 heterocycles. The third kappa shape index (κ3) is 6.27. The summed E-state index contributed by atoms with van der Waals surface area (Å²) in [6.45, 7) is 11.2. The maximum Gasteiger partial charge on any atom is 0.410 e. The van der Waals surface area contributed by atoms with Gasteiger partial charge in [-0.15, -0.1) is 0 Å². The lowest BCUT2D eigenvalue weighted by molar-refractivity contribution is -0.137. The van der Waals surface area contributed by atoms with E-state index in [-0.39, 0.29) is 30.5 Å². The number of carbonyl (C=O) groups is 2. The zero-order valence-electron chi connectivity index (χ0n) is 18.9. The summed E-state index contributed by atoms with van der Waals surface area (Å²) in [7, 11) is 0. The molecular formula is C23H33Cl2N3O3. The van der Waals surface area contributed by atoms with Crippen LogP contribution >= 0.6 is 23.2 Å². The van der Waals surface area contributed by atoms with Crippen LogP contribution in [0.5, 0.6) is 0 Å². The molecule has 2 amide bonds. The van der Waals surface area contributed by atoms with Gasteiger partial charge in [0.15, 0.2) is 0 Å². The highest BCUT2D eigenvalue weighted by molar-refractivity contribution is 6.42. The number of hydrogen-bond acceptors (Lipinski definition) is 4. The van der Waals surface area contributed by atoms with E-state index in [9.17, 15) is 9.59 Å². The van der Waals surface area contributed by atoms with E-state index in [0.29, 0.717) is 29.7 Å². The maximum absolute atomic E-state index is 13.3. The van der Waals surface area contributed by atoms with Crippen LogP contribution in [0.4, 0.5) is 4.79 Å². The molecule has 2 fully saturated rings. The normalized spacial score (nSPS) is 21.3. The van der Waals surface area contributed by atoms with Gasteiger partial charge in [-0.2, -0.15) is 0 Å². The van der Waals surface area contributed by atoms with Crippen LogP contribution in [0, 0.1) is 0 Å². The summed E-state index contributed by atoms with van der Waals surface area (Å²) >= 11 is 12.1. The molecule has 0 unspecified atom stereocenters. The Bertz CT molecular complexity index is 806. The largest absolute Gasteiger partial charge is 0.444 e. The second-order valence-electron chi connectivity index (χ2n) is 9.49. The molecule has 6 nitrogen and oxygen atoms in total. The standard InChI is InChI=1S/C23H33Cl2N3O3/c1-16(26-9-5-6-10-26)20-15-27(22(30)31-23(2,3)4)11-12-28(20)21(29)14-17-7-8-18(24)19(25)13-17/h7-8,13,16,20H,5-6,9-12,14-15H2,1-4H3/t16-,20+/m1/s1. The van der Waals surface area contributed by atoms with Gasteiger partial charge in [0.2, 0.25) is 5.91 Å². The maximum atomic E-state index is 13.3. The van der Waals surface area contributed by atoms with E-state index in [0.717, 1.165) is 18.7 Å². The van der Waals surface area contributed by atoms with Crippen molar-refractivity contribution in [1.82, 2.24) is 14.7 Å². The number of rotatable bonds is 4. The van der Waals surface area contributed by atoms with Crippen LogP contribution in [0.1, 0.15) is 46.1 Å². The minimum absolute atomic E-state index is 0.0401. The number of likely N-dealkylation sites (tertiary alicyclic amines) is 1. The highest BCUT2D eigenvalue weighted by Crippen LogP contribution is 2.25. The lowest BCUT2D eigenvalue weighted by Gasteiger charge is -2.46. The van der Waals surface area contributed by atoms with Crippen LogP contribution in [-0.4, -0.2) is 77.1 Å². The van der Waals surface area contributed by atoms with E-state index in [2.05, 4.69) is 11.8 Å². The van der Waals surface area contributed by atoms with Gasteiger partial charge in [0.1, 0.15) is 5.60 Å². The molecule has 0 saturated carbocycles. The summed E-state index contributed by atoms with van der Waals surface area (Å²) in [4.78, 5) is 32.1. The summed E-state index contributed by atoms with van der Waals surface area (Å²) in [5.74, 6) is 0.0401. The van der Waals surface area contributed by atoms with Gasteiger partial charge in [-0.1, -0.05) is 29.3 Å². The molecule has 8 heteroatoms. The molecule has 0 bridgehead atoms. The average Bonchev–Trinajstić information content (AvgIpc) is 3.23. The molecule has 1 aromatic carbocycles. The first-order valence-corrected chi connectivity index (χ1v) is 11.8. The molecule has 0 aliphatic carbocycles. The number of halogens is 2. The molecular weight excluding hydrogens is 437 g/mol. The number of piperazine rings is 1. The van der Waals surface area contributed by atoms with Crippen molar-refractivity contribution in [2.45, 2.75) is 64.6 Å². The summed E-state index contributed by atoms with van der Waals surface area (Å²) in [6.07, 6.45) is 2.28. The van der Waals surface area contributed by atoms with Crippen molar-refractivity contribution in [1.29, 1.82) is 0 Å². The Balaban J connectivity index is 1.76. The summed E-state index contributed by atoms with van der Waals surface area (Å²) < 4.78 is 5.59. The van der Waals surface area contributed by atoms with E-state index in [1.807, 2.05) is 31.7 Å². The molecule has 31 heavy (non-hydrogen) atoms. The first-order valence-electron chi connectivity index (χ1n) is 11.0. The predicted molar refractivity (Wildman–Crippen MR) is 124 cm³/mol. The van der Waals surface area contributed by atoms with Crippen molar-refractivity contribution in [3.8, 4) is 0 Å². The number of amides is 2. The highest BCUT2D eigenvalue weighted by Gasteiger charge is 2.39. The molecule has 2 aliphatic heterocycles. The Hall–Kier alpha value is -1.50. The van der Waals surface area contributed by atoms with E-state index < -0.39 is 5.60 Å². The molecule has 0 spiro atoms. The third-order valence-corrected chi connectivity index (χ3v) is 6.74. The van der Waals surface area contributed by atoms with Crippen molar-refractivity contribution < 1.29 is 14.3 Å². The minimum Gasteiger partial charge on any atom is -0.444 e. The number of hydrogen-bond donors (Lipinski definition) is 0. The van der Waals surface area contributed by atoms with Crippen LogP contribution in [0.25, 0.3) is 0 Å². The van der Waals surface area contributed by atoms with E-state index >= 15 is 0 Å². The summed E-state index contributed by atoms with van der Waals surface area (Å²) in [5, 5.41) is 0.924. The third-order valence-electron chi connectivity index (χ3n) is 6.00. The first-order chi connectivity index (χ1) is 14.5. The van der Waals surface area contributed by atoms with Crippen molar-refractivity contribution in [2.24, 2.45) is 0 Å².